The van der Waals surface area contributed by atoms with Crippen molar-refractivity contribution < 1.29 is 0 Å². The van der Waals surface area contributed by atoms with Gasteiger partial charge in [-0.05, 0) is 36.4 Å². The van der Waals surface area contributed by atoms with Gasteiger partial charge in [0.25, 0.3) is 0 Å². The van der Waals surface area contributed by atoms with Gasteiger partial charge in [0.2, 0.25) is 0 Å². The van der Waals surface area contributed by atoms with Crippen molar-refractivity contribution in [2.75, 3.05) is 0 Å². The normalized spacial score (nSPS) is 10.2. The molecule has 86 valence electrons. The molecule has 0 aliphatic carbocycles. The molecule has 6 heteroatoms. The van der Waals surface area contributed by atoms with Crippen LogP contribution in [0.5, 0.6) is 0 Å². The summed E-state index contributed by atoms with van der Waals surface area (Å²) in [6.07, 6.45) is 5.14. The molecule has 17 heavy (non-hydrogen) atoms. The molecule has 0 aliphatic heterocycles. The molecule has 5 nitrogen and oxygen atoms in total. The lowest BCUT2D eigenvalue weighted by atomic mass is 10.3. The molecule has 0 bridgehead atoms. The molecule has 2 aromatic heterocycles. The average Bonchev–Trinajstić information content (AvgIpc) is 2.32. The predicted octanol–water partition coefficient (Wildman–Crippen LogP) is 1.62. The van der Waals surface area contributed by atoms with E-state index in [1.165, 1.54) is 11.8 Å². The number of nitrogens with two attached hydrogens (primary N) is 1. The van der Waals surface area contributed by atoms with E-state index in [9.17, 15) is 0 Å². The lowest BCUT2D eigenvalue weighted by Gasteiger charge is -2.04. The van der Waals surface area contributed by atoms with Gasteiger partial charge >= 0.3 is 0 Å². The van der Waals surface area contributed by atoms with Crippen molar-refractivity contribution in [1.82, 2.24) is 15.0 Å². The molecule has 0 aliphatic rings. The third kappa shape index (κ3) is 2.79. The van der Waals surface area contributed by atoms with Crippen LogP contribution in [0.2, 0.25) is 0 Å². The molecule has 0 saturated carbocycles. The van der Waals surface area contributed by atoms with Gasteiger partial charge in [-0.2, -0.15) is 0 Å². The van der Waals surface area contributed by atoms with E-state index in [1.54, 1.807) is 30.7 Å². The fourth-order valence-corrected chi connectivity index (χ4v) is 1.98. The van der Waals surface area contributed by atoms with Crippen LogP contribution in [0.4, 0.5) is 0 Å². The molecule has 0 radical (unpaired) electrons. The summed E-state index contributed by atoms with van der Waals surface area (Å²) in [5.74, 6) is -0.00675. The number of rotatable bonds is 3. The standard InChI is InChI=1S/C11H11N5S/c1-7-5-15-11(16-6-7)17-10-8(9(12)13)3-2-4-14-10/h2-6H,1H3,(H3,12,13). The smallest absolute Gasteiger partial charge is 0.193 e. The highest BCUT2D eigenvalue weighted by atomic mass is 32.2. The summed E-state index contributed by atoms with van der Waals surface area (Å²) in [5.41, 5.74) is 7.08. The Morgan fingerprint density at radius 2 is 2.00 bits per heavy atom. The van der Waals surface area contributed by atoms with Crippen molar-refractivity contribution in [3.8, 4) is 0 Å². The first-order valence-corrected chi connectivity index (χ1v) is 5.74. The Hall–Kier alpha value is -1.95. The predicted molar refractivity (Wildman–Crippen MR) is 66.1 cm³/mol. The summed E-state index contributed by atoms with van der Waals surface area (Å²) < 4.78 is 0. The van der Waals surface area contributed by atoms with Crippen molar-refractivity contribution >= 4 is 17.6 Å². The van der Waals surface area contributed by atoms with Crippen LogP contribution >= 0.6 is 11.8 Å². The molecule has 0 fully saturated rings. The summed E-state index contributed by atoms with van der Waals surface area (Å²) in [6.45, 7) is 1.93. The zero-order valence-corrected chi connectivity index (χ0v) is 10.0. The fraction of sp³-hybridized carbons (Fsp3) is 0.0909. The Kier molecular flexibility index (Phi) is 3.34. The maximum atomic E-state index is 7.46. The highest BCUT2D eigenvalue weighted by Gasteiger charge is 2.09. The van der Waals surface area contributed by atoms with Gasteiger partial charge in [0.05, 0.1) is 0 Å². The van der Waals surface area contributed by atoms with Crippen LogP contribution in [0.15, 0.2) is 40.9 Å². The summed E-state index contributed by atoms with van der Waals surface area (Å²) in [4.78, 5) is 12.5. The number of amidine groups is 1. The number of aromatic nitrogens is 3. The Labute approximate surface area is 103 Å². The molecule has 2 aromatic rings. The zero-order chi connectivity index (χ0) is 12.3. The van der Waals surface area contributed by atoms with E-state index in [2.05, 4.69) is 15.0 Å². The minimum Gasteiger partial charge on any atom is -0.384 e. The summed E-state index contributed by atoms with van der Waals surface area (Å²) >= 11 is 1.30. The van der Waals surface area contributed by atoms with Gasteiger partial charge in [0.1, 0.15) is 10.9 Å². The van der Waals surface area contributed by atoms with Crippen LogP contribution in [0.25, 0.3) is 0 Å². The molecular formula is C11H11N5S. The van der Waals surface area contributed by atoms with E-state index in [1.807, 2.05) is 6.92 Å². The molecule has 0 spiro atoms. The van der Waals surface area contributed by atoms with E-state index in [4.69, 9.17) is 11.1 Å². The van der Waals surface area contributed by atoms with E-state index < -0.39 is 0 Å². The van der Waals surface area contributed by atoms with Gasteiger partial charge in [-0.15, -0.1) is 0 Å². The number of hydrogen-bond donors (Lipinski definition) is 2. The minimum atomic E-state index is -0.00675. The number of nitrogens with one attached hydrogen (secondary N) is 1. The van der Waals surface area contributed by atoms with Crippen LogP contribution in [0.3, 0.4) is 0 Å². The largest absolute Gasteiger partial charge is 0.384 e. The first-order valence-electron chi connectivity index (χ1n) is 4.93. The van der Waals surface area contributed by atoms with Crippen molar-refractivity contribution in [2.45, 2.75) is 17.1 Å². The zero-order valence-electron chi connectivity index (χ0n) is 9.21. The van der Waals surface area contributed by atoms with E-state index in [0.29, 0.717) is 15.7 Å². The Morgan fingerprint density at radius 3 is 2.65 bits per heavy atom. The van der Waals surface area contributed by atoms with Crippen LogP contribution in [0, 0.1) is 12.3 Å². The number of aryl methyl sites for hydroxylation is 1. The van der Waals surface area contributed by atoms with Crippen molar-refractivity contribution in [3.63, 3.8) is 0 Å². The summed E-state index contributed by atoms with van der Waals surface area (Å²) in [7, 11) is 0. The second-order valence-electron chi connectivity index (χ2n) is 3.41. The highest BCUT2D eigenvalue weighted by molar-refractivity contribution is 7.99. The molecule has 0 unspecified atom stereocenters. The topological polar surface area (TPSA) is 88.5 Å². The number of nitrogen functional groups attached to an aromatic ring is 1. The first kappa shape index (κ1) is 11.5. The number of nitrogens with zero attached hydrogens (tertiary/aromatic N) is 3. The van der Waals surface area contributed by atoms with Crippen molar-refractivity contribution in [1.29, 1.82) is 5.41 Å². The highest BCUT2D eigenvalue weighted by Crippen LogP contribution is 2.25. The Bertz CT molecular complexity index is 538. The van der Waals surface area contributed by atoms with Crippen LogP contribution in [-0.4, -0.2) is 20.8 Å². The lowest BCUT2D eigenvalue weighted by molar-refractivity contribution is 0.943. The van der Waals surface area contributed by atoms with Gasteiger partial charge in [0, 0.05) is 24.2 Å². The number of hydrogen-bond acceptors (Lipinski definition) is 5. The molecule has 2 rings (SSSR count). The third-order valence-corrected chi connectivity index (χ3v) is 2.92. The van der Waals surface area contributed by atoms with E-state index in [-0.39, 0.29) is 5.84 Å². The molecule has 2 heterocycles. The van der Waals surface area contributed by atoms with Crippen molar-refractivity contribution in [3.05, 3.63) is 41.9 Å². The third-order valence-electron chi connectivity index (χ3n) is 2.01. The Morgan fingerprint density at radius 1 is 1.29 bits per heavy atom. The summed E-state index contributed by atoms with van der Waals surface area (Å²) in [6, 6.07) is 3.50. The monoisotopic (exact) mass is 245 g/mol. The summed E-state index contributed by atoms with van der Waals surface area (Å²) in [5, 5.41) is 8.70. The fourth-order valence-electron chi connectivity index (χ4n) is 1.20. The Balaban J connectivity index is 2.30. The van der Waals surface area contributed by atoms with Gasteiger partial charge in [-0.25, -0.2) is 15.0 Å². The van der Waals surface area contributed by atoms with Crippen LogP contribution in [0.1, 0.15) is 11.1 Å². The second kappa shape index (κ2) is 4.92. The van der Waals surface area contributed by atoms with Gasteiger partial charge in [0.15, 0.2) is 5.16 Å². The molecule has 0 aromatic carbocycles. The maximum absolute atomic E-state index is 7.46. The van der Waals surface area contributed by atoms with E-state index in [0.717, 1.165) is 5.56 Å². The van der Waals surface area contributed by atoms with Crippen LogP contribution < -0.4 is 5.73 Å². The van der Waals surface area contributed by atoms with Gasteiger partial charge in [-0.3, -0.25) is 5.41 Å². The maximum Gasteiger partial charge on any atom is 0.193 e. The second-order valence-corrected chi connectivity index (χ2v) is 4.37. The van der Waals surface area contributed by atoms with Gasteiger partial charge in [-0.1, -0.05) is 0 Å². The quantitative estimate of drug-likeness (QED) is 0.487. The first-order chi connectivity index (χ1) is 8.16. The van der Waals surface area contributed by atoms with Crippen LogP contribution in [-0.2, 0) is 0 Å². The number of pyridine rings is 1. The lowest BCUT2D eigenvalue weighted by Crippen LogP contribution is -2.12. The van der Waals surface area contributed by atoms with Crippen molar-refractivity contribution in [2.24, 2.45) is 5.73 Å². The molecule has 3 N–H and O–H groups in total. The van der Waals surface area contributed by atoms with Gasteiger partial charge < -0.3 is 5.73 Å². The average molecular weight is 245 g/mol. The molecule has 0 atom stereocenters. The molecular weight excluding hydrogens is 234 g/mol. The molecule has 0 amide bonds. The minimum absolute atomic E-state index is 0.00675. The SMILES string of the molecule is Cc1cnc(Sc2ncccc2C(=N)N)nc1. The molecule has 0 saturated heterocycles. The van der Waals surface area contributed by atoms with E-state index >= 15 is 0 Å².